The summed E-state index contributed by atoms with van der Waals surface area (Å²) in [5.41, 5.74) is 6.45. The lowest BCUT2D eigenvalue weighted by molar-refractivity contribution is 0.317. The molecule has 1 heterocycles. The molecule has 1 aliphatic carbocycles. The topological polar surface area (TPSA) is 113 Å². The molecule has 8 heteroatoms. The Morgan fingerprint density at radius 3 is 2.62 bits per heavy atom. The van der Waals surface area contributed by atoms with Crippen LogP contribution in [0.2, 0.25) is 0 Å². The monoisotopic (exact) mass is 262 g/mol. The Kier molecular flexibility index (Phi) is 2.64. The minimum atomic E-state index is -4.31. The van der Waals surface area contributed by atoms with Crippen LogP contribution in [0, 0.1) is 0 Å². The van der Waals surface area contributed by atoms with Crippen LogP contribution in [0.15, 0.2) is 10.1 Å². The van der Waals surface area contributed by atoms with Crippen molar-refractivity contribution in [1.82, 2.24) is 0 Å². The van der Waals surface area contributed by atoms with Crippen molar-refractivity contribution in [1.29, 1.82) is 0 Å². The second kappa shape index (κ2) is 3.72. The summed E-state index contributed by atoms with van der Waals surface area (Å²) in [6.45, 7) is 0. The lowest BCUT2D eigenvalue weighted by Crippen LogP contribution is -2.12. The number of rotatable bonds is 1. The Bertz CT molecular complexity index is 559. The number of fused-ring (bicyclic) bond motifs is 1. The van der Waals surface area contributed by atoms with E-state index in [4.69, 9.17) is 15.5 Å². The molecule has 0 bridgehead atoms. The van der Waals surface area contributed by atoms with Gasteiger partial charge in [-0.25, -0.2) is 0 Å². The SMILES string of the molecule is Nc1sc2c(c1S(=O)(=O)O)CCCC2=NO. The van der Waals surface area contributed by atoms with Gasteiger partial charge in [0.15, 0.2) is 0 Å². The zero-order valence-electron chi connectivity index (χ0n) is 8.17. The van der Waals surface area contributed by atoms with E-state index in [1.54, 1.807) is 0 Å². The van der Waals surface area contributed by atoms with Crippen LogP contribution >= 0.6 is 11.3 Å². The third-order valence-electron chi connectivity index (χ3n) is 2.47. The van der Waals surface area contributed by atoms with Crippen molar-refractivity contribution in [2.24, 2.45) is 5.16 Å². The van der Waals surface area contributed by atoms with E-state index < -0.39 is 10.1 Å². The number of hydrogen-bond acceptors (Lipinski definition) is 6. The lowest BCUT2D eigenvalue weighted by Gasteiger charge is -2.12. The van der Waals surface area contributed by atoms with Gasteiger partial charge in [-0.05, 0) is 24.8 Å². The molecular formula is C8H10N2O4S2. The van der Waals surface area contributed by atoms with Crippen LogP contribution in [0.5, 0.6) is 0 Å². The second-order valence-electron chi connectivity index (χ2n) is 3.48. The summed E-state index contributed by atoms with van der Waals surface area (Å²) in [5, 5.41) is 11.9. The first-order chi connectivity index (χ1) is 7.45. The summed E-state index contributed by atoms with van der Waals surface area (Å²) in [6, 6.07) is 0. The molecule has 0 saturated carbocycles. The fourth-order valence-corrected chi connectivity index (χ4v) is 4.15. The number of nitrogen functional groups attached to an aromatic ring is 1. The van der Waals surface area contributed by atoms with E-state index in [0.29, 0.717) is 35.4 Å². The molecule has 0 amide bonds. The average molecular weight is 262 g/mol. The van der Waals surface area contributed by atoms with Gasteiger partial charge in [0.2, 0.25) is 0 Å². The highest BCUT2D eigenvalue weighted by atomic mass is 32.2. The number of oxime groups is 1. The maximum absolute atomic E-state index is 11.2. The maximum atomic E-state index is 11.2. The normalized spacial score (nSPS) is 18.7. The lowest BCUT2D eigenvalue weighted by atomic mass is 9.97. The van der Waals surface area contributed by atoms with E-state index >= 15 is 0 Å². The van der Waals surface area contributed by atoms with Crippen molar-refractivity contribution in [2.75, 3.05) is 5.73 Å². The molecule has 0 atom stereocenters. The molecular weight excluding hydrogens is 252 g/mol. The van der Waals surface area contributed by atoms with Gasteiger partial charge in [-0.1, -0.05) is 5.16 Å². The summed E-state index contributed by atoms with van der Waals surface area (Å²) in [4.78, 5) is 0.326. The van der Waals surface area contributed by atoms with Gasteiger partial charge < -0.3 is 10.9 Å². The van der Waals surface area contributed by atoms with Gasteiger partial charge in [0.25, 0.3) is 10.1 Å². The molecule has 0 aromatic carbocycles. The zero-order valence-corrected chi connectivity index (χ0v) is 9.81. The van der Waals surface area contributed by atoms with Crippen molar-refractivity contribution < 1.29 is 18.2 Å². The Hall–Kier alpha value is -1.12. The molecule has 0 saturated heterocycles. The average Bonchev–Trinajstić information content (AvgIpc) is 2.52. The van der Waals surface area contributed by atoms with Gasteiger partial charge in [0.1, 0.15) is 9.90 Å². The Labute approximate surface area is 96.1 Å². The first-order valence-electron chi connectivity index (χ1n) is 4.55. The van der Waals surface area contributed by atoms with Crippen molar-refractivity contribution >= 4 is 32.2 Å². The van der Waals surface area contributed by atoms with Crippen molar-refractivity contribution in [2.45, 2.75) is 24.2 Å². The maximum Gasteiger partial charge on any atom is 0.297 e. The number of thiophene rings is 1. The van der Waals surface area contributed by atoms with Crippen molar-refractivity contribution in [3.63, 3.8) is 0 Å². The number of nitrogens with two attached hydrogens (primary N) is 1. The minimum Gasteiger partial charge on any atom is -0.411 e. The highest BCUT2D eigenvalue weighted by molar-refractivity contribution is 7.86. The van der Waals surface area contributed by atoms with Crippen LogP contribution in [0.3, 0.4) is 0 Å². The van der Waals surface area contributed by atoms with Gasteiger partial charge in [0.05, 0.1) is 10.6 Å². The Balaban J connectivity index is 2.72. The Morgan fingerprint density at radius 1 is 1.38 bits per heavy atom. The molecule has 1 aliphatic rings. The van der Waals surface area contributed by atoms with E-state index in [0.717, 1.165) is 11.3 Å². The highest BCUT2D eigenvalue weighted by Crippen LogP contribution is 2.39. The number of nitrogens with zero attached hydrogens (tertiary/aromatic N) is 1. The molecule has 0 fully saturated rings. The fourth-order valence-electron chi connectivity index (χ4n) is 1.85. The molecule has 0 spiro atoms. The van der Waals surface area contributed by atoms with Gasteiger partial charge in [0, 0.05) is 0 Å². The van der Waals surface area contributed by atoms with E-state index in [1.807, 2.05) is 0 Å². The molecule has 6 nitrogen and oxygen atoms in total. The molecule has 16 heavy (non-hydrogen) atoms. The van der Waals surface area contributed by atoms with E-state index in [-0.39, 0.29) is 9.90 Å². The fraction of sp³-hybridized carbons (Fsp3) is 0.375. The third-order valence-corrected chi connectivity index (χ3v) is 4.69. The summed E-state index contributed by atoms with van der Waals surface area (Å²) in [6.07, 6.45) is 1.76. The van der Waals surface area contributed by atoms with Crippen LogP contribution in [-0.4, -0.2) is 23.9 Å². The number of anilines is 1. The molecule has 4 N–H and O–H groups in total. The summed E-state index contributed by atoms with van der Waals surface area (Å²) < 4.78 is 31.4. The molecule has 88 valence electrons. The summed E-state index contributed by atoms with van der Waals surface area (Å²) in [7, 11) is -4.31. The second-order valence-corrected chi connectivity index (χ2v) is 5.89. The van der Waals surface area contributed by atoms with Crippen LogP contribution in [0.4, 0.5) is 5.00 Å². The van der Waals surface area contributed by atoms with Gasteiger partial charge in [-0.3, -0.25) is 4.55 Å². The predicted molar refractivity (Wildman–Crippen MR) is 59.8 cm³/mol. The van der Waals surface area contributed by atoms with Gasteiger partial charge in [-0.2, -0.15) is 8.42 Å². The molecule has 0 radical (unpaired) electrons. The summed E-state index contributed by atoms with van der Waals surface area (Å²) in [5.74, 6) is 0. The zero-order chi connectivity index (χ0) is 11.9. The first-order valence-corrected chi connectivity index (χ1v) is 6.80. The van der Waals surface area contributed by atoms with Gasteiger partial charge in [-0.15, -0.1) is 11.3 Å². The van der Waals surface area contributed by atoms with E-state index in [2.05, 4.69) is 5.16 Å². The van der Waals surface area contributed by atoms with Crippen LogP contribution in [-0.2, 0) is 16.5 Å². The molecule has 1 aromatic heterocycles. The third kappa shape index (κ3) is 1.68. The largest absolute Gasteiger partial charge is 0.411 e. The molecule has 0 aliphatic heterocycles. The van der Waals surface area contributed by atoms with E-state index in [1.165, 1.54) is 0 Å². The quantitative estimate of drug-likeness (QED) is 0.398. The van der Waals surface area contributed by atoms with E-state index in [9.17, 15) is 8.42 Å². The standard InChI is InChI=1S/C8H10N2O4S2/c9-8-7(16(12,13)14)4-2-1-3-5(10-11)6(4)15-8/h11H,1-3,9H2,(H,12,13,14). The predicted octanol–water partition coefficient (Wildman–Crippen LogP) is 1.09. The molecule has 1 aromatic rings. The minimum absolute atomic E-state index is 0.0375. The highest BCUT2D eigenvalue weighted by Gasteiger charge is 2.29. The van der Waals surface area contributed by atoms with Crippen molar-refractivity contribution in [3.8, 4) is 0 Å². The Morgan fingerprint density at radius 2 is 2.06 bits per heavy atom. The summed E-state index contributed by atoms with van der Waals surface area (Å²) >= 11 is 1.02. The van der Waals surface area contributed by atoms with Crippen molar-refractivity contribution in [3.05, 3.63) is 10.4 Å². The smallest absolute Gasteiger partial charge is 0.297 e. The molecule has 0 unspecified atom stereocenters. The first kappa shape index (κ1) is 11.4. The molecule has 2 rings (SSSR count). The number of hydrogen-bond donors (Lipinski definition) is 3. The van der Waals surface area contributed by atoms with Crippen LogP contribution in [0.1, 0.15) is 23.3 Å². The van der Waals surface area contributed by atoms with Gasteiger partial charge >= 0.3 is 0 Å². The van der Waals surface area contributed by atoms with Crippen LogP contribution < -0.4 is 5.73 Å². The van der Waals surface area contributed by atoms with Crippen LogP contribution in [0.25, 0.3) is 0 Å².